The van der Waals surface area contributed by atoms with Gasteiger partial charge in [-0.2, -0.15) is 0 Å². The van der Waals surface area contributed by atoms with Gasteiger partial charge < -0.3 is 10.8 Å². The van der Waals surface area contributed by atoms with Crippen LogP contribution in [0.25, 0.3) is 17.1 Å². The Morgan fingerprint density at radius 3 is 2.41 bits per heavy atom. The number of pyridine rings is 1. The van der Waals surface area contributed by atoms with Gasteiger partial charge in [-0.1, -0.05) is 24.3 Å². The summed E-state index contributed by atoms with van der Waals surface area (Å²) in [6.07, 6.45) is 4.80. The van der Waals surface area contributed by atoms with Crippen molar-refractivity contribution < 1.29 is 9.90 Å². The van der Waals surface area contributed by atoms with Crippen molar-refractivity contribution >= 4 is 5.97 Å². The highest BCUT2D eigenvalue weighted by Gasteiger charge is 2.15. The fourth-order valence-electron chi connectivity index (χ4n) is 2.18. The molecular weight excluding hydrogens is 280 g/mol. The third-order valence-electron chi connectivity index (χ3n) is 3.31. The first-order valence-corrected chi connectivity index (χ1v) is 6.71. The molecule has 0 fully saturated rings. The van der Waals surface area contributed by atoms with Crippen molar-refractivity contribution in [2.24, 2.45) is 5.73 Å². The fourth-order valence-corrected chi connectivity index (χ4v) is 2.18. The molecule has 2 heterocycles. The van der Waals surface area contributed by atoms with E-state index in [0.29, 0.717) is 12.4 Å². The van der Waals surface area contributed by atoms with Gasteiger partial charge in [0.25, 0.3) is 0 Å². The third-order valence-corrected chi connectivity index (χ3v) is 3.31. The fraction of sp³-hybridized carbons (Fsp3) is 0.0625. The molecule has 0 amide bonds. The zero-order valence-corrected chi connectivity index (χ0v) is 11.7. The molecule has 0 radical (unpaired) electrons. The summed E-state index contributed by atoms with van der Waals surface area (Å²) in [5.41, 5.74) is 8.22. The Kier molecular flexibility index (Phi) is 3.67. The highest BCUT2D eigenvalue weighted by Crippen LogP contribution is 2.23. The number of hydrogen-bond donors (Lipinski definition) is 2. The number of carboxylic acids is 1. The van der Waals surface area contributed by atoms with E-state index in [2.05, 4.69) is 9.97 Å². The Hall–Kier alpha value is -2.99. The maximum absolute atomic E-state index is 11.2. The molecule has 0 saturated carbocycles. The Morgan fingerprint density at radius 2 is 1.82 bits per heavy atom. The molecule has 1 aromatic carbocycles. The summed E-state index contributed by atoms with van der Waals surface area (Å²) in [6.45, 7) is 0.458. The predicted molar refractivity (Wildman–Crippen MR) is 81.6 cm³/mol. The smallest absolute Gasteiger partial charge is 0.356 e. The van der Waals surface area contributed by atoms with Gasteiger partial charge in [0.05, 0.1) is 5.69 Å². The largest absolute Gasteiger partial charge is 0.476 e. The average molecular weight is 294 g/mol. The Bertz CT molecular complexity index is 795. The summed E-state index contributed by atoms with van der Waals surface area (Å²) in [4.78, 5) is 19.4. The Labute approximate surface area is 126 Å². The second kappa shape index (κ2) is 5.79. The van der Waals surface area contributed by atoms with Crippen molar-refractivity contribution in [2.75, 3.05) is 0 Å². The van der Waals surface area contributed by atoms with Gasteiger partial charge >= 0.3 is 5.97 Å². The molecule has 3 N–H and O–H groups in total. The van der Waals surface area contributed by atoms with Gasteiger partial charge in [-0.3, -0.25) is 9.55 Å². The topological polar surface area (TPSA) is 94.0 Å². The van der Waals surface area contributed by atoms with Crippen molar-refractivity contribution in [3.63, 3.8) is 0 Å². The van der Waals surface area contributed by atoms with Crippen molar-refractivity contribution in [1.82, 2.24) is 14.5 Å². The summed E-state index contributed by atoms with van der Waals surface area (Å²) >= 11 is 0. The van der Waals surface area contributed by atoms with Gasteiger partial charge in [0.1, 0.15) is 5.82 Å². The van der Waals surface area contributed by atoms with E-state index in [9.17, 15) is 9.90 Å². The lowest BCUT2D eigenvalue weighted by atomic mass is 10.1. The molecule has 6 nitrogen and oxygen atoms in total. The van der Waals surface area contributed by atoms with E-state index in [1.54, 1.807) is 29.1 Å². The van der Waals surface area contributed by atoms with Gasteiger partial charge in [0, 0.05) is 30.7 Å². The standard InChI is InChI=1S/C16H14N4O2/c17-9-11-1-3-12(4-2-11)15-19-14(16(21)22)10-20(15)13-5-7-18-8-6-13/h1-8,10H,9,17H2,(H,21,22). The maximum atomic E-state index is 11.2. The minimum absolute atomic E-state index is 0.00489. The summed E-state index contributed by atoms with van der Waals surface area (Å²) < 4.78 is 1.74. The lowest BCUT2D eigenvalue weighted by Crippen LogP contribution is -1.98. The van der Waals surface area contributed by atoms with Crippen molar-refractivity contribution in [3.8, 4) is 17.1 Å². The van der Waals surface area contributed by atoms with Gasteiger partial charge in [0.15, 0.2) is 5.69 Å². The van der Waals surface area contributed by atoms with Gasteiger partial charge in [-0.25, -0.2) is 9.78 Å². The monoisotopic (exact) mass is 294 g/mol. The van der Waals surface area contributed by atoms with Crippen LogP contribution in [0, 0.1) is 0 Å². The van der Waals surface area contributed by atoms with Crippen LogP contribution in [0.5, 0.6) is 0 Å². The molecule has 2 aromatic heterocycles. The number of benzene rings is 1. The van der Waals surface area contributed by atoms with E-state index in [0.717, 1.165) is 16.8 Å². The number of aromatic carboxylic acids is 1. The minimum Gasteiger partial charge on any atom is -0.476 e. The van der Waals surface area contributed by atoms with Crippen LogP contribution in [0.15, 0.2) is 55.0 Å². The summed E-state index contributed by atoms with van der Waals surface area (Å²) in [6, 6.07) is 11.2. The number of imidazole rings is 1. The van der Waals surface area contributed by atoms with Crippen LogP contribution in [0.1, 0.15) is 16.1 Å². The highest BCUT2D eigenvalue weighted by atomic mass is 16.4. The second-order valence-electron chi connectivity index (χ2n) is 4.73. The predicted octanol–water partition coefficient (Wildman–Crippen LogP) is 2.09. The highest BCUT2D eigenvalue weighted by molar-refractivity contribution is 5.86. The molecule has 0 unspecified atom stereocenters. The van der Waals surface area contributed by atoms with Gasteiger partial charge in [-0.15, -0.1) is 0 Å². The molecule has 0 aliphatic heterocycles. The first-order valence-electron chi connectivity index (χ1n) is 6.71. The molecule has 0 aliphatic rings. The van der Waals surface area contributed by atoms with Crippen LogP contribution in [0.2, 0.25) is 0 Å². The normalized spacial score (nSPS) is 10.6. The molecule has 110 valence electrons. The van der Waals surface area contributed by atoms with E-state index in [-0.39, 0.29) is 5.69 Å². The quantitative estimate of drug-likeness (QED) is 0.768. The van der Waals surface area contributed by atoms with Crippen molar-refractivity contribution in [1.29, 1.82) is 0 Å². The number of rotatable bonds is 4. The number of nitrogens with two attached hydrogens (primary N) is 1. The Morgan fingerprint density at radius 1 is 1.14 bits per heavy atom. The third kappa shape index (κ3) is 2.59. The molecule has 0 aliphatic carbocycles. The number of nitrogens with zero attached hydrogens (tertiary/aromatic N) is 3. The SMILES string of the molecule is NCc1ccc(-c2nc(C(=O)O)cn2-c2ccncc2)cc1. The molecule has 22 heavy (non-hydrogen) atoms. The lowest BCUT2D eigenvalue weighted by molar-refractivity contribution is 0.0691. The van der Waals surface area contributed by atoms with Crippen molar-refractivity contribution in [2.45, 2.75) is 6.54 Å². The van der Waals surface area contributed by atoms with Gasteiger partial charge in [-0.05, 0) is 17.7 Å². The van der Waals surface area contributed by atoms with Crippen LogP contribution in [-0.4, -0.2) is 25.6 Å². The first kappa shape index (κ1) is 14.0. The summed E-state index contributed by atoms with van der Waals surface area (Å²) in [7, 11) is 0. The zero-order chi connectivity index (χ0) is 15.5. The van der Waals surface area contributed by atoms with Crippen LogP contribution in [0.3, 0.4) is 0 Å². The molecule has 0 bridgehead atoms. The molecule has 0 saturated heterocycles. The first-order chi connectivity index (χ1) is 10.7. The second-order valence-corrected chi connectivity index (χ2v) is 4.73. The van der Waals surface area contributed by atoms with E-state index >= 15 is 0 Å². The molecular formula is C16H14N4O2. The average Bonchev–Trinajstić information content (AvgIpc) is 3.01. The van der Waals surface area contributed by atoms with E-state index in [1.807, 2.05) is 24.3 Å². The molecule has 3 aromatic rings. The zero-order valence-electron chi connectivity index (χ0n) is 11.7. The van der Waals surface area contributed by atoms with Crippen molar-refractivity contribution in [3.05, 3.63) is 66.2 Å². The molecule has 0 atom stereocenters. The molecule has 3 rings (SSSR count). The number of aromatic nitrogens is 3. The molecule has 0 spiro atoms. The van der Waals surface area contributed by atoms with Crippen LogP contribution < -0.4 is 5.73 Å². The molecule has 6 heteroatoms. The number of carboxylic acid groups (broad SMARTS) is 1. The maximum Gasteiger partial charge on any atom is 0.356 e. The van der Waals surface area contributed by atoms with Crippen LogP contribution >= 0.6 is 0 Å². The summed E-state index contributed by atoms with van der Waals surface area (Å²) in [5, 5.41) is 9.19. The minimum atomic E-state index is -1.06. The number of carbonyl (C=O) groups is 1. The Balaban J connectivity index is 2.14. The van der Waals surface area contributed by atoms with E-state index in [4.69, 9.17) is 5.73 Å². The van der Waals surface area contributed by atoms with Crippen LogP contribution in [0.4, 0.5) is 0 Å². The number of hydrogen-bond acceptors (Lipinski definition) is 4. The van der Waals surface area contributed by atoms with Crippen LogP contribution in [-0.2, 0) is 6.54 Å². The van der Waals surface area contributed by atoms with E-state index in [1.165, 1.54) is 6.20 Å². The lowest BCUT2D eigenvalue weighted by Gasteiger charge is -2.07. The van der Waals surface area contributed by atoms with E-state index < -0.39 is 5.97 Å². The van der Waals surface area contributed by atoms with Gasteiger partial charge in [0.2, 0.25) is 0 Å². The summed E-state index contributed by atoms with van der Waals surface area (Å²) in [5.74, 6) is -0.500.